The Morgan fingerprint density at radius 3 is 2.82 bits per heavy atom. The summed E-state index contributed by atoms with van der Waals surface area (Å²) in [5.74, 6) is 0.167. The smallest absolute Gasteiger partial charge is 0.401 e. The summed E-state index contributed by atoms with van der Waals surface area (Å²) in [6.45, 7) is -0.974. The van der Waals surface area contributed by atoms with Crippen molar-refractivity contribution in [3.8, 4) is 5.75 Å². The number of rotatable bonds is 2. The molecular formula is C12H14F3NO. The number of benzene rings is 1. The van der Waals surface area contributed by atoms with E-state index in [1.165, 1.54) is 6.07 Å². The van der Waals surface area contributed by atoms with Crippen LogP contribution < -0.4 is 5.32 Å². The highest BCUT2D eigenvalue weighted by Crippen LogP contribution is 2.32. The largest absolute Gasteiger partial charge is 0.508 e. The lowest BCUT2D eigenvalue weighted by molar-refractivity contribution is -0.126. The third kappa shape index (κ3) is 3.12. The molecule has 2 rings (SSSR count). The standard InChI is InChI=1S/C12H14F3NO/c13-12(14,15)7-16-11-3-1-2-8-6-9(17)4-5-10(8)11/h4-6,11,16-17H,1-3,7H2. The van der Waals surface area contributed by atoms with Gasteiger partial charge in [0.1, 0.15) is 5.75 Å². The highest BCUT2D eigenvalue weighted by Gasteiger charge is 2.29. The van der Waals surface area contributed by atoms with E-state index in [2.05, 4.69) is 5.32 Å². The summed E-state index contributed by atoms with van der Waals surface area (Å²) in [4.78, 5) is 0. The minimum absolute atomic E-state index is 0.167. The highest BCUT2D eigenvalue weighted by molar-refractivity contribution is 5.38. The van der Waals surface area contributed by atoms with Gasteiger partial charge in [0.05, 0.1) is 6.54 Å². The zero-order valence-corrected chi connectivity index (χ0v) is 9.22. The number of phenols is 1. The van der Waals surface area contributed by atoms with Gasteiger partial charge in [-0.1, -0.05) is 6.07 Å². The van der Waals surface area contributed by atoms with E-state index in [0.29, 0.717) is 6.42 Å². The van der Waals surface area contributed by atoms with Crippen LogP contribution in [0.15, 0.2) is 18.2 Å². The van der Waals surface area contributed by atoms with Crippen molar-refractivity contribution in [2.75, 3.05) is 6.54 Å². The quantitative estimate of drug-likeness (QED) is 0.839. The average molecular weight is 245 g/mol. The molecule has 1 aromatic carbocycles. The highest BCUT2D eigenvalue weighted by atomic mass is 19.4. The summed E-state index contributed by atoms with van der Waals surface area (Å²) in [6, 6.07) is 4.60. The van der Waals surface area contributed by atoms with Crippen LogP contribution in [0, 0.1) is 0 Å². The summed E-state index contributed by atoms with van der Waals surface area (Å²) in [6.07, 6.45) is -1.83. The van der Waals surface area contributed by atoms with Gasteiger partial charge in [-0.3, -0.25) is 0 Å². The maximum atomic E-state index is 12.1. The molecule has 0 saturated carbocycles. The second-order valence-corrected chi connectivity index (χ2v) is 4.32. The number of fused-ring (bicyclic) bond motifs is 1. The van der Waals surface area contributed by atoms with Crippen molar-refractivity contribution >= 4 is 0 Å². The zero-order chi connectivity index (χ0) is 12.5. The molecule has 1 atom stereocenters. The number of nitrogens with one attached hydrogen (secondary N) is 1. The van der Waals surface area contributed by atoms with Gasteiger partial charge < -0.3 is 10.4 Å². The van der Waals surface area contributed by atoms with E-state index in [4.69, 9.17) is 0 Å². The monoisotopic (exact) mass is 245 g/mol. The number of aryl methyl sites for hydroxylation is 1. The van der Waals surface area contributed by atoms with Gasteiger partial charge >= 0.3 is 6.18 Å². The molecule has 1 aromatic rings. The van der Waals surface area contributed by atoms with Gasteiger partial charge in [0.25, 0.3) is 0 Å². The number of halogens is 3. The predicted octanol–water partition coefficient (Wildman–Crippen LogP) is 2.92. The van der Waals surface area contributed by atoms with E-state index >= 15 is 0 Å². The molecule has 0 radical (unpaired) electrons. The van der Waals surface area contributed by atoms with Crippen LogP contribution in [0.25, 0.3) is 0 Å². The van der Waals surface area contributed by atoms with Crippen molar-refractivity contribution in [1.29, 1.82) is 0 Å². The molecule has 0 heterocycles. The molecule has 0 aliphatic heterocycles. The van der Waals surface area contributed by atoms with E-state index in [1.54, 1.807) is 12.1 Å². The molecule has 0 saturated heterocycles. The van der Waals surface area contributed by atoms with Crippen molar-refractivity contribution in [3.63, 3.8) is 0 Å². The molecule has 94 valence electrons. The van der Waals surface area contributed by atoms with Crippen LogP contribution in [0.4, 0.5) is 13.2 Å². The first-order valence-corrected chi connectivity index (χ1v) is 5.57. The molecule has 0 aromatic heterocycles. The van der Waals surface area contributed by atoms with Crippen LogP contribution in [-0.4, -0.2) is 17.8 Å². The number of hydrogen-bond donors (Lipinski definition) is 2. The maximum absolute atomic E-state index is 12.1. The summed E-state index contributed by atoms with van der Waals surface area (Å²) < 4.78 is 36.4. The molecule has 0 fully saturated rings. The second kappa shape index (κ2) is 4.56. The molecular weight excluding hydrogens is 231 g/mol. The van der Waals surface area contributed by atoms with Crippen LogP contribution in [0.5, 0.6) is 5.75 Å². The Balaban J connectivity index is 2.12. The van der Waals surface area contributed by atoms with Gasteiger partial charge in [0.2, 0.25) is 0 Å². The van der Waals surface area contributed by atoms with E-state index in [-0.39, 0.29) is 11.8 Å². The zero-order valence-electron chi connectivity index (χ0n) is 9.22. The summed E-state index contributed by atoms with van der Waals surface area (Å²) >= 11 is 0. The fourth-order valence-electron chi connectivity index (χ4n) is 2.25. The summed E-state index contributed by atoms with van der Waals surface area (Å²) in [5.41, 5.74) is 1.81. The number of alkyl halides is 3. The van der Waals surface area contributed by atoms with Crippen molar-refractivity contribution < 1.29 is 18.3 Å². The SMILES string of the molecule is Oc1ccc2c(c1)CCCC2NCC(F)(F)F. The van der Waals surface area contributed by atoms with E-state index in [9.17, 15) is 18.3 Å². The molecule has 2 N–H and O–H groups in total. The van der Waals surface area contributed by atoms with E-state index in [1.807, 2.05) is 0 Å². The predicted molar refractivity (Wildman–Crippen MR) is 57.8 cm³/mol. The van der Waals surface area contributed by atoms with Gasteiger partial charge in [-0.15, -0.1) is 0 Å². The summed E-state index contributed by atoms with van der Waals surface area (Å²) in [7, 11) is 0. The normalized spacial score (nSPS) is 20.1. The Kier molecular flexibility index (Phi) is 3.28. The van der Waals surface area contributed by atoms with Crippen molar-refractivity contribution in [2.24, 2.45) is 0 Å². The van der Waals surface area contributed by atoms with Crippen molar-refractivity contribution in [1.82, 2.24) is 5.32 Å². The van der Waals surface area contributed by atoms with Gasteiger partial charge in [0.15, 0.2) is 0 Å². The molecule has 1 unspecified atom stereocenters. The minimum atomic E-state index is -4.19. The minimum Gasteiger partial charge on any atom is -0.508 e. The second-order valence-electron chi connectivity index (χ2n) is 4.32. The maximum Gasteiger partial charge on any atom is 0.401 e. The average Bonchev–Trinajstić information content (AvgIpc) is 2.24. The van der Waals surface area contributed by atoms with Crippen LogP contribution in [0.2, 0.25) is 0 Å². The van der Waals surface area contributed by atoms with Gasteiger partial charge in [-0.25, -0.2) is 0 Å². The lowest BCUT2D eigenvalue weighted by Gasteiger charge is -2.27. The Morgan fingerprint density at radius 1 is 1.35 bits per heavy atom. The number of phenolic OH excluding ortho intramolecular Hbond substituents is 1. The fourth-order valence-corrected chi connectivity index (χ4v) is 2.25. The first-order chi connectivity index (χ1) is 7.96. The van der Waals surface area contributed by atoms with Crippen LogP contribution in [-0.2, 0) is 6.42 Å². The topological polar surface area (TPSA) is 32.3 Å². The molecule has 0 bridgehead atoms. The lowest BCUT2D eigenvalue weighted by atomic mass is 9.87. The van der Waals surface area contributed by atoms with E-state index in [0.717, 1.165) is 24.0 Å². The van der Waals surface area contributed by atoms with Gasteiger partial charge in [-0.05, 0) is 42.5 Å². The van der Waals surface area contributed by atoms with Crippen LogP contribution >= 0.6 is 0 Å². The Morgan fingerprint density at radius 2 is 2.12 bits per heavy atom. The van der Waals surface area contributed by atoms with Crippen molar-refractivity contribution in [2.45, 2.75) is 31.5 Å². The van der Waals surface area contributed by atoms with Gasteiger partial charge in [-0.2, -0.15) is 13.2 Å². The number of aromatic hydroxyl groups is 1. The van der Waals surface area contributed by atoms with E-state index < -0.39 is 12.7 Å². The molecule has 0 spiro atoms. The Hall–Kier alpha value is -1.23. The first-order valence-electron chi connectivity index (χ1n) is 5.57. The Bertz CT molecular complexity index is 403. The Labute approximate surface area is 97.5 Å². The molecule has 1 aliphatic rings. The molecule has 17 heavy (non-hydrogen) atoms. The van der Waals surface area contributed by atoms with Crippen LogP contribution in [0.1, 0.15) is 30.0 Å². The third-order valence-corrected chi connectivity index (χ3v) is 2.99. The first kappa shape index (κ1) is 12.2. The third-order valence-electron chi connectivity index (χ3n) is 2.99. The molecule has 5 heteroatoms. The molecule has 1 aliphatic carbocycles. The fraction of sp³-hybridized carbons (Fsp3) is 0.500. The van der Waals surface area contributed by atoms with Gasteiger partial charge in [0, 0.05) is 6.04 Å². The van der Waals surface area contributed by atoms with Crippen LogP contribution in [0.3, 0.4) is 0 Å². The molecule has 2 nitrogen and oxygen atoms in total. The molecule has 0 amide bonds. The number of hydrogen-bond acceptors (Lipinski definition) is 2. The summed E-state index contributed by atoms with van der Waals surface area (Å²) in [5, 5.41) is 11.9. The van der Waals surface area contributed by atoms with Crippen molar-refractivity contribution in [3.05, 3.63) is 29.3 Å². The lowest BCUT2D eigenvalue weighted by Crippen LogP contribution is -2.33.